The zero-order chi connectivity index (χ0) is 15.9. The molecule has 0 radical (unpaired) electrons. The Morgan fingerprint density at radius 2 is 1.87 bits per heavy atom. The molecule has 3 fully saturated rings. The summed E-state index contributed by atoms with van der Waals surface area (Å²) in [6, 6.07) is 7.87. The first-order valence-corrected chi connectivity index (χ1v) is 9.20. The van der Waals surface area contributed by atoms with Crippen LogP contribution in [0, 0.1) is 11.8 Å². The molecule has 4 heteroatoms. The van der Waals surface area contributed by atoms with Gasteiger partial charge in [0.25, 0.3) is 0 Å². The molecule has 0 spiro atoms. The van der Waals surface area contributed by atoms with Crippen LogP contribution in [0.3, 0.4) is 0 Å². The minimum absolute atomic E-state index is 0.303. The Kier molecular flexibility index (Phi) is 4.10. The molecule has 0 N–H and O–H groups in total. The fraction of sp³-hybridized carbons (Fsp3) is 0.632. The number of carbonyl (C=O) groups excluding carboxylic acids is 1. The molecule has 2 aliphatic heterocycles. The largest absolute Gasteiger partial charge is 0.381 e. The van der Waals surface area contributed by atoms with Gasteiger partial charge >= 0.3 is 0 Å². The van der Waals surface area contributed by atoms with Gasteiger partial charge in [-0.25, -0.2) is 0 Å². The zero-order valence-electron chi connectivity index (χ0n) is 13.5. The van der Waals surface area contributed by atoms with E-state index in [1.54, 1.807) is 0 Å². The predicted octanol–water partition coefficient (Wildman–Crippen LogP) is 3.65. The normalized spacial score (nSPS) is 29.5. The van der Waals surface area contributed by atoms with Crippen LogP contribution >= 0.6 is 11.6 Å². The molecule has 3 nitrogen and oxygen atoms in total. The highest BCUT2D eigenvalue weighted by atomic mass is 35.5. The first-order valence-electron chi connectivity index (χ1n) is 8.82. The van der Waals surface area contributed by atoms with Crippen LogP contribution in [0.15, 0.2) is 24.3 Å². The maximum Gasteiger partial charge on any atom is 0.233 e. The Bertz CT molecular complexity index is 585. The molecule has 23 heavy (non-hydrogen) atoms. The summed E-state index contributed by atoms with van der Waals surface area (Å²) in [5.74, 6) is 1.77. The van der Waals surface area contributed by atoms with Crippen molar-refractivity contribution in [1.82, 2.24) is 4.90 Å². The first kappa shape index (κ1) is 15.5. The van der Waals surface area contributed by atoms with Gasteiger partial charge in [-0.15, -0.1) is 0 Å². The van der Waals surface area contributed by atoms with E-state index in [0.29, 0.717) is 24.1 Å². The third-order valence-electron chi connectivity index (χ3n) is 6.15. The molecule has 2 saturated heterocycles. The molecule has 4 rings (SSSR count). The maximum atomic E-state index is 13.5. The molecule has 0 bridgehead atoms. The van der Waals surface area contributed by atoms with Gasteiger partial charge in [0.1, 0.15) is 0 Å². The quantitative estimate of drug-likeness (QED) is 0.826. The molecular weight excluding hydrogens is 310 g/mol. The number of benzene rings is 1. The predicted molar refractivity (Wildman–Crippen MR) is 90.6 cm³/mol. The van der Waals surface area contributed by atoms with Crippen molar-refractivity contribution >= 4 is 17.5 Å². The molecule has 1 aromatic rings. The molecule has 1 saturated carbocycles. The summed E-state index contributed by atoms with van der Waals surface area (Å²) in [4.78, 5) is 15.6. The Labute approximate surface area is 142 Å². The van der Waals surface area contributed by atoms with Crippen LogP contribution < -0.4 is 0 Å². The number of hydrogen-bond acceptors (Lipinski definition) is 2. The van der Waals surface area contributed by atoms with Crippen molar-refractivity contribution < 1.29 is 9.53 Å². The van der Waals surface area contributed by atoms with E-state index < -0.39 is 5.41 Å². The number of carbonyl (C=O) groups is 1. The molecule has 0 aromatic heterocycles. The van der Waals surface area contributed by atoms with Gasteiger partial charge in [-0.1, -0.05) is 30.2 Å². The lowest BCUT2D eigenvalue weighted by Gasteiger charge is -2.39. The summed E-state index contributed by atoms with van der Waals surface area (Å²) >= 11 is 6.21. The number of ether oxygens (including phenoxy) is 1. The smallest absolute Gasteiger partial charge is 0.233 e. The van der Waals surface area contributed by atoms with Gasteiger partial charge in [0.2, 0.25) is 5.91 Å². The van der Waals surface area contributed by atoms with Crippen LogP contribution in [-0.4, -0.2) is 37.1 Å². The minimum atomic E-state index is -0.443. The number of hydrogen-bond donors (Lipinski definition) is 0. The van der Waals surface area contributed by atoms with Gasteiger partial charge in [-0.05, 0) is 55.2 Å². The SMILES string of the molecule is O=C(N1C[C@H]2CCC[C@H]2C1)C1(c2cccc(Cl)c2)CCOCC1. The van der Waals surface area contributed by atoms with Crippen molar-refractivity contribution in [3.05, 3.63) is 34.9 Å². The van der Waals surface area contributed by atoms with Gasteiger partial charge in [-0.2, -0.15) is 0 Å². The summed E-state index contributed by atoms with van der Waals surface area (Å²) in [6.07, 6.45) is 5.45. The summed E-state index contributed by atoms with van der Waals surface area (Å²) in [5, 5.41) is 0.708. The van der Waals surface area contributed by atoms with Crippen LogP contribution in [0.4, 0.5) is 0 Å². The van der Waals surface area contributed by atoms with E-state index in [9.17, 15) is 4.79 Å². The molecule has 0 unspecified atom stereocenters. The third kappa shape index (κ3) is 2.68. The average Bonchev–Trinajstić information content (AvgIpc) is 3.16. The second kappa shape index (κ2) is 6.10. The first-order chi connectivity index (χ1) is 11.2. The molecule has 124 valence electrons. The molecular formula is C19H24ClNO2. The maximum absolute atomic E-state index is 13.5. The van der Waals surface area contributed by atoms with Crippen molar-refractivity contribution in [2.75, 3.05) is 26.3 Å². The van der Waals surface area contributed by atoms with Crippen molar-refractivity contribution in [3.63, 3.8) is 0 Å². The van der Waals surface area contributed by atoms with Gasteiger partial charge in [0.05, 0.1) is 5.41 Å². The molecule has 1 aliphatic carbocycles. The van der Waals surface area contributed by atoms with Crippen LogP contribution in [0.25, 0.3) is 0 Å². The van der Waals surface area contributed by atoms with Crippen molar-refractivity contribution in [3.8, 4) is 0 Å². The van der Waals surface area contributed by atoms with Gasteiger partial charge in [0, 0.05) is 31.3 Å². The number of rotatable bonds is 2. The summed E-state index contributed by atoms with van der Waals surface area (Å²) in [5.41, 5.74) is 0.622. The van der Waals surface area contributed by atoms with E-state index in [-0.39, 0.29) is 0 Å². The van der Waals surface area contributed by atoms with E-state index in [1.165, 1.54) is 19.3 Å². The zero-order valence-corrected chi connectivity index (χ0v) is 14.2. The average molecular weight is 334 g/mol. The standard InChI is InChI=1S/C19H24ClNO2/c20-17-6-2-5-16(11-17)19(7-9-23-10-8-19)18(22)21-12-14-3-1-4-15(14)13-21/h2,5-6,11,14-15H,1,3-4,7-10,12-13H2/t14-,15+. The lowest BCUT2D eigenvalue weighted by molar-refractivity contribution is -0.140. The summed E-state index contributed by atoms with van der Waals surface area (Å²) in [6.45, 7) is 3.21. The van der Waals surface area contributed by atoms with E-state index in [2.05, 4.69) is 11.0 Å². The molecule has 2 atom stereocenters. The summed E-state index contributed by atoms with van der Waals surface area (Å²) in [7, 11) is 0. The highest BCUT2D eigenvalue weighted by Crippen LogP contribution is 2.42. The second-order valence-electron chi connectivity index (χ2n) is 7.37. The van der Waals surface area contributed by atoms with Crippen LogP contribution in [0.5, 0.6) is 0 Å². The Balaban J connectivity index is 1.64. The molecule has 2 heterocycles. The second-order valence-corrected chi connectivity index (χ2v) is 7.80. The molecule has 1 aromatic carbocycles. The number of fused-ring (bicyclic) bond motifs is 1. The van der Waals surface area contributed by atoms with Crippen LogP contribution in [0.1, 0.15) is 37.7 Å². The highest BCUT2D eigenvalue weighted by molar-refractivity contribution is 6.30. The minimum Gasteiger partial charge on any atom is -0.381 e. The molecule has 3 aliphatic rings. The van der Waals surface area contributed by atoms with Crippen molar-refractivity contribution in [1.29, 1.82) is 0 Å². The molecule has 1 amide bonds. The number of amides is 1. The van der Waals surface area contributed by atoms with E-state index in [4.69, 9.17) is 16.3 Å². The van der Waals surface area contributed by atoms with E-state index >= 15 is 0 Å². The number of likely N-dealkylation sites (tertiary alicyclic amines) is 1. The fourth-order valence-electron chi connectivity index (χ4n) is 4.84. The highest BCUT2D eigenvalue weighted by Gasteiger charge is 2.47. The lowest BCUT2D eigenvalue weighted by atomic mass is 9.73. The summed E-state index contributed by atoms with van der Waals surface area (Å²) < 4.78 is 5.56. The van der Waals surface area contributed by atoms with Gasteiger partial charge in [0.15, 0.2) is 0 Å². The monoisotopic (exact) mass is 333 g/mol. The van der Waals surface area contributed by atoms with Crippen molar-refractivity contribution in [2.24, 2.45) is 11.8 Å². The Hall–Kier alpha value is -1.06. The number of nitrogens with zero attached hydrogens (tertiary/aromatic N) is 1. The van der Waals surface area contributed by atoms with Crippen LogP contribution in [0.2, 0.25) is 5.02 Å². The number of halogens is 1. The van der Waals surface area contributed by atoms with Gasteiger partial charge < -0.3 is 9.64 Å². The topological polar surface area (TPSA) is 29.5 Å². The van der Waals surface area contributed by atoms with Crippen molar-refractivity contribution in [2.45, 2.75) is 37.5 Å². The Morgan fingerprint density at radius 1 is 1.17 bits per heavy atom. The van der Waals surface area contributed by atoms with E-state index in [1.807, 2.05) is 18.2 Å². The van der Waals surface area contributed by atoms with Crippen LogP contribution in [-0.2, 0) is 14.9 Å². The van der Waals surface area contributed by atoms with Gasteiger partial charge in [-0.3, -0.25) is 4.79 Å². The third-order valence-corrected chi connectivity index (χ3v) is 6.38. The van der Waals surface area contributed by atoms with E-state index in [0.717, 1.165) is 43.3 Å². The Morgan fingerprint density at radius 3 is 2.52 bits per heavy atom. The lowest BCUT2D eigenvalue weighted by Crippen LogP contribution is -2.49. The fourth-order valence-corrected chi connectivity index (χ4v) is 5.03.